The van der Waals surface area contributed by atoms with Crippen LogP contribution in [0.2, 0.25) is 10.0 Å². The van der Waals surface area contributed by atoms with Gasteiger partial charge in [-0.2, -0.15) is 0 Å². The molecule has 0 fully saturated rings. The zero-order valence-electron chi connectivity index (χ0n) is 14.4. The Kier molecular flexibility index (Phi) is 5.95. The molecular formula is C20H17Cl2NO3S. The fraction of sp³-hybridized carbons (Fsp3) is 0.100. The van der Waals surface area contributed by atoms with Crippen molar-refractivity contribution in [3.8, 4) is 16.9 Å². The highest BCUT2D eigenvalue weighted by atomic mass is 35.5. The van der Waals surface area contributed by atoms with Crippen LogP contribution in [0.5, 0.6) is 5.75 Å². The highest BCUT2D eigenvalue weighted by molar-refractivity contribution is 7.91. The average Bonchev–Trinajstić information content (AvgIpc) is 2.64. The van der Waals surface area contributed by atoms with Gasteiger partial charge in [0.25, 0.3) is 0 Å². The number of benzene rings is 3. The van der Waals surface area contributed by atoms with Crippen molar-refractivity contribution in [2.45, 2.75) is 5.75 Å². The van der Waals surface area contributed by atoms with Crippen LogP contribution in [0.25, 0.3) is 11.1 Å². The Morgan fingerprint density at radius 1 is 0.889 bits per heavy atom. The molecule has 1 N–H and O–H groups in total. The highest BCUT2D eigenvalue weighted by Crippen LogP contribution is 2.35. The molecule has 3 aromatic carbocycles. The Morgan fingerprint density at radius 2 is 1.56 bits per heavy atom. The molecule has 0 spiro atoms. The van der Waals surface area contributed by atoms with E-state index in [2.05, 4.69) is 4.72 Å². The Morgan fingerprint density at radius 3 is 2.26 bits per heavy atom. The van der Waals surface area contributed by atoms with Gasteiger partial charge in [-0.15, -0.1) is 0 Å². The summed E-state index contributed by atoms with van der Waals surface area (Å²) >= 11 is 11.9. The second-order valence-electron chi connectivity index (χ2n) is 5.86. The molecule has 7 heteroatoms. The van der Waals surface area contributed by atoms with Gasteiger partial charge in [0.15, 0.2) is 0 Å². The molecule has 27 heavy (non-hydrogen) atoms. The van der Waals surface area contributed by atoms with E-state index in [4.69, 9.17) is 27.9 Å². The lowest BCUT2D eigenvalue weighted by Crippen LogP contribution is -2.15. The van der Waals surface area contributed by atoms with Gasteiger partial charge in [0.05, 0.1) is 28.6 Å². The summed E-state index contributed by atoms with van der Waals surface area (Å²) in [5, 5.41) is 0.700. The number of hydrogen-bond acceptors (Lipinski definition) is 3. The SMILES string of the molecule is COc1ccccc1-c1ccccc1NS(=O)(=O)Cc1ccc(Cl)c(Cl)c1. The van der Waals surface area contributed by atoms with Crippen molar-refractivity contribution in [3.05, 3.63) is 82.3 Å². The Hall–Kier alpha value is -2.21. The van der Waals surface area contributed by atoms with E-state index < -0.39 is 10.0 Å². The maximum Gasteiger partial charge on any atom is 0.236 e. The van der Waals surface area contributed by atoms with Gasteiger partial charge in [-0.1, -0.05) is 65.7 Å². The molecule has 0 aliphatic rings. The predicted molar refractivity (Wildman–Crippen MR) is 111 cm³/mol. The molecule has 0 radical (unpaired) electrons. The van der Waals surface area contributed by atoms with Crippen LogP contribution in [-0.2, 0) is 15.8 Å². The number of methoxy groups -OCH3 is 1. The minimum absolute atomic E-state index is 0.218. The van der Waals surface area contributed by atoms with Crippen molar-refractivity contribution in [2.75, 3.05) is 11.8 Å². The van der Waals surface area contributed by atoms with E-state index in [0.29, 0.717) is 27.0 Å². The van der Waals surface area contributed by atoms with Crippen molar-refractivity contribution in [1.82, 2.24) is 0 Å². The molecule has 4 nitrogen and oxygen atoms in total. The van der Waals surface area contributed by atoms with Crippen molar-refractivity contribution >= 4 is 38.9 Å². The van der Waals surface area contributed by atoms with Crippen LogP contribution in [0.15, 0.2) is 66.7 Å². The lowest BCUT2D eigenvalue weighted by Gasteiger charge is -2.15. The van der Waals surface area contributed by atoms with Gasteiger partial charge in [0.2, 0.25) is 10.0 Å². The Bertz CT molecular complexity index is 1070. The second kappa shape index (κ2) is 8.21. The molecule has 0 atom stereocenters. The number of nitrogens with one attached hydrogen (secondary N) is 1. The molecular weight excluding hydrogens is 405 g/mol. The fourth-order valence-electron chi connectivity index (χ4n) is 2.73. The van der Waals surface area contributed by atoms with E-state index in [1.165, 1.54) is 0 Å². The molecule has 0 heterocycles. The van der Waals surface area contributed by atoms with E-state index in [9.17, 15) is 8.42 Å². The number of para-hydroxylation sites is 2. The standard InChI is InChI=1S/C20H17Cl2NO3S/c1-26-20-9-5-3-7-16(20)15-6-2-4-8-19(15)23-27(24,25)13-14-10-11-17(21)18(22)12-14/h2-12,23H,13H2,1H3. The summed E-state index contributed by atoms with van der Waals surface area (Å²) in [6.45, 7) is 0. The first-order valence-corrected chi connectivity index (χ1v) is 10.5. The van der Waals surface area contributed by atoms with E-state index in [1.807, 2.05) is 36.4 Å². The third-order valence-corrected chi connectivity index (χ3v) is 5.91. The molecule has 3 rings (SSSR count). The Balaban J connectivity index is 1.92. The minimum Gasteiger partial charge on any atom is -0.496 e. The van der Waals surface area contributed by atoms with Gasteiger partial charge >= 0.3 is 0 Å². The summed E-state index contributed by atoms with van der Waals surface area (Å²) in [5.74, 6) is 0.443. The topological polar surface area (TPSA) is 55.4 Å². The van der Waals surface area contributed by atoms with Crippen LogP contribution in [0, 0.1) is 0 Å². The summed E-state index contributed by atoms with van der Waals surface area (Å²) in [7, 11) is -2.08. The van der Waals surface area contributed by atoms with E-state index in [1.54, 1.807) is 37.4 Å². The quantitative estimate of drug-likeness (QED) is 0.562. The van der Waals surface area contributed by atoms with Crippen molar-refractivity contribution in [3.63, 3.8) is 0 Å². The number of sulfonamides is 1. The van der Waals surface area contributed by atoms with Gasteiger partial charge in [-0.3, -0.25) is 4.72 Å². The largest absolute Gasteiger partial charge is 0.496 e. The number of anilines is 1. The van der Waals surface area contributed by atoms with Crippen molar-refractivity contribution in [1.29, 1.82) is 0 Å². The van der Waals surface area contributed by atoms with Crippen LogP contribution in [-0.4, -0.2) is 15.5 Å². The highest BCUT2D eigenvalue weighted by Gasteiger charge is 2.17. The molecule has 0 saturated carbocycles. The number of rotatable bonds is 6. The first kappa shape index (κ1) is 19.5. The number of hydrogen-bond donors (Lipinski definition) is 1. The van der Waals surface area contributed by atoms with Crippen LogP contribution in [0.1, 0.15) is 5.56 Å². The van der Waals surface area contributed by atoms with Crippen LogP contribution in [0.3, 0.4) is 0 Å². The van der Waals surface area contributed by atoms with Gasteiger partial charge < -0.3 is 4.74 Å². The third kappa shape index (κ3) is 4.75. The Labute approximate surface area is 168 Å². The molecule has 0 amide bonds. The monoisotopic (exact) mass is 421 g/mol. The minimum atomic E-state index is -3.66. The number of halogens is 2. The fourth-order valence-corrected chi connectivity index (χ4v) is 4.25. The van der Waals surface area contributed by atoms with Gasteiger partial charge in [0, 0.05) is 11.1 Å². The van der Waals surface area contributed by atoms with Gasteiger partial charge in [-0.05, 0) is 29.8 Å². The maximum atomic E-state index is 12.7. The molecule has 0 aliphatic carbocycles. The predicted octanol–water partition coefficient (Wildman–Crippen LogP) is 5.61. The van der Waals surface area contributed by atoms with Gasteiger partial charge in [-0.25, -0.2) is 8.42 Å². The molecule has 0 saturated heterocycles. The van der Waals surface area contributed by atoms with Gasteiger partial charge in [0.1, 0.15) is 5.75 Å². The molecule has 0 aliphatic heterocycles. The first-order chi connectivity index (χ1) is 12.9. The zero-order chi connectivity index (χ0) is 19.4. The lowest BCUT2D eigenvalue weighted by molar-refractivity contribution is 0.416. The van der Waals surface area contributed by atoms with Crippen LogP contribution in [0.4, 0.5) is 5.69 Å². The summed E-state index contributed by atoms with van der Waals surface area (Å²) in [4.78, 5) is 0. The molecule has 140 valence electrons. The third-order valence-electron chi connectivity index (χ3n) is 3.93. The van der Waals surface area contributed by atoms with Crippen molar-refractivity contribution in [2.24, 2.45) is 0 Å². The second-order valence-corrected chi connectivity index (χ2v) is 8.39. The summed E-state index contributed by atoms with van der Waals surface area (Å²) in [6, 6.07) is 19.4. The number of ether oxygens (including phenoxy) is 1. The first-order valence-electron chi connectivity index (χ1n) is 8.06. The molecule has 0 aromatic heterocycles. The summed E-state index contributed by atoms with van der Waals surface area (Å²) in [6.07, 6.45) is 0. The zero-order valence-corrected chi connectivity index (χ0v) is 16.8. The summed E-state index contributed by atoms with van der Waals surface area (Å²) in [5.41, 5.74) is 2.55. The van der Waals surface area contributed by atoms with Crippen molar-refractivity contribution < 1.29 is 13.2 Å². The average molecular weight is 422 g/mol. The van der Waals surface area contributed by atoms with Crippen LogP contribution >= 0.6 is 23.2 Å². The molecule has 0 bridgehead atoms. The smallest absolute Gasteiger partial charge is 0.236 e. The van der Waals surface area contributed by atoms with E-state index in [0.717, 1.165) is 11.1 Å². The van der Waals surface area contributed by atoms with E-state index >= 15 is 0 Å². The normalized spacial score (nSPS) is 11.2. The molecule has 3 aromatic rings. The molecule has 0 unspecified atom stereocenters. The summed E-state index contributed by atoms with van der Waals surface area (Å²) < 4.78 is 33.4. The van der Waals surface area contributed by atoms with E-state index in [-0.39, 0.29) is 5.75 Å². The maximum absolute atomic E-state index is 12.7. The van der Waals surface area contributed by atoms with Crippen LogP contribution < -0.4 is 9.46 Å². The lowest BCUT2D eigenvalue weighted by atomic mass is 10.0.